The zero-order valence-electron chi connectivity index (χ0n) is 15.6. The van der Waals surface area contributed by atoms with Crippen LogP contribution in [0, 0.1) is 6.92 Å². The lowest BCUT2D eigenvalue weighted by atomic mass is 9.93. The van der Waals surface area contributed by atoms with Gasteiger partial charge in [0.05, 0.1) is 18.6 Å². The summed E-state index contributed by atoms with van der Waals surface area (Å²) in [4.78, 5) is 16.5. The Balaban J connectivity index is 2.09. The molecule has 0 bridgehead atoms. The van der Waals surface area contributed by atoms with Crippen LogP contribution in [-0.2, 0) is 22.9 Å². The third-order valence-electron chi connectivity index (χ3n) is 4.70. The lowest BCUT2D eigenvalue weighted by Gasteiger charge is -2.19. The first-order valence-electron chi connectivity index (χ1n) is 8.82. The number of methoxy groups -OCH3 is 1. The number of hydrogen-bond donors (Lipinski definition) is 2. The monoisotopic (exact) mass is 389 g/mol. The summed E-state index contributed by atoms with van der Waals surface area (Å²) in [5.41, 5.74) is 5.58. The second-order valence-corrected chi connectivity index (χ2v) is 8.49. The average Bonchev–Trinajstić information content (AvgIpc) is 3.09. The summed E-state index contributed by atoms with van der Waals surface area (Å²) in [6, 6.07) is 5.03. The van der Waals surface area contributed by atoms with Crippen molar-refractivity contribution in [2.24, 2.45) is 0 Å². The number of amides is 2. The van der Waals surface area contributed by atoms with Gasteiger partial charge in [-0.05, 0) is 61.4 Å². The lowest BCUT2D eigenvalue weighted by Crippen LogP contribution is -2.35. The van der Waals surface area contributed by atoms with Crippen molar-refractivity contribution < 1.29 is 17.9 Å². The number of aryl methyl sites for hydroxylation is 2. The molecule has 0 saturated carbocycles. The Bertz CT molecular complexity index is 987. The number of sulfonamides is 1. The SMILES string of the molecule is CCS(=O)(=O)NC(=O)Nc1c2c(cc(C)c1-c1ccnc(OC)c1)CCC2. The van der Waals surface area contributed by atoms with Crippen LogP contribution in [0.15, 0.2) is 24.4 Å². The number of carbonyl (C=O) groups is 1. The van der Waals surface area contributed by atoms with E-state index in [9.17, 15) is 13.2 Å². The van der Waals surface area contributed by atoms with Gasteiger partial charge in [0.15, 0.2) is 0 Å². The number of pyridine rings is 1. The van der Waals surface area contributed by atoms with Crippen molar-refractivity contribution in [3.05, 3.63) is 41.1 Å². The van der Waals surface area contributed by atoms with Gasteiger partial charge >= 0.3 is 6.03 Å². The summed E-state index contributed by atoms with van der Waals surface area (Å²) in [6.07, 6.45) is 4.42. The predicted molar refractivity (Wildman–Crippen MR) is 105 cm³/mol. The van der Waals surface area contributed by atoms with Crippen molar-refractivity contribution in [1.82, 2.24) is 9.71 Å². The molecule has 0 saturated heterocycles. The molecule has 7 nitrogen and oxygen atoms in total. The number of aromatic nitrogens is 1. The van der Waals surface area contributed by atoms with Crippen LogP contribution in [0.25, 0.3) is 11.1 Å². The van der Waals surface area contributed by atoms with E-state index < -0.39 is 16.1 Å². The highest BCUT2D eigenvalue weighted by Gasteiger charge is 2.23. The quantitative estimate of drug-likeness (QED) is 0.819. The molecular weight excluding hydrogens is 366 g/mol. The average molecular weight is 389 g/mol. The molecule has 1 aliphatic rings. The summed E-state index contributed by atoms with van der Waals surface area (Å²) in [7, 11) is -2.10. The minimum absolute atomic E-state index is 0.166. The van der Waals surface area contributed by atoms with Crippen LogP contribution in [0.2, 0.25) is 0 Å². The Hall–Kier alpha value is -2.61. The summed E-state index contributed by atoms with van der Waals surface area (Å²) < 4.78 is 30.8. The lowest BCUT2D eigenvalue weighted by molar-refractivity contribution is 0.256. The number of benzene rings is 1. The number of carbonyl (C=O) groups excluding carboxylic acids is 1. The Morgan fingerprint density at radius 2 is 2.07 bits per heavy atom. The van der Waals surface area contributed by atoms with Crippen molar-refractivity contribution in [2.75, 3.05) is 18.2 Å². The molecule has 1 aromatic carbocycles. The fourth-order valence-electron chi connectivity index (χ4n) is 3.43. The first kappa shape index (κ1) is 19.2. The van der Waals surface area contributed by atoms with Gasteiger partial charge in [0.25, 0.3) is 0 Å². The number of anilines is 1. The predicted octanol–water partition coefficient (Wildman–Crippen LogP) is 3.03. The van der Waals surface area contributed by atoms with Gasteiger partial charge in [-0.15, -0.1) is 0 Å². The summed E-state index contributed by atoms with van der Waals surface area (Å²) in [5, 5.41) is 2.79. The molecule has 0 aliphatic heterocycles. The Labute approximate surface area is 159 Å². The van der Waals surface area contributed by atoms with Gasteiger partial charge in [-0.3, -0.25) is 0 Å². The third-order valence-corrected chi connectivity index (χ3v) is 5.95. The molecule has 2 amide bonds. The maximum Gasteiger partial charge on any atom is 0.332 e. The fourth-order valence-corrected chi connectivity index (χ4v) is 3.91. The number of nitrogens with zero attached hydrogens (tertiary/aromatic N) is 1. The summed E-state index contributed by atoms with van der Waals surface area (Å²) >= 11 is 0. The molecule has 0 fully saturated rings. The first-order valence-corrected chi connectivity index (χ1v) is 10.5. The molecule has 1 heterocycles. The molecule has 2 N–H and O–H groups in total. The highest BCUT2D eigenvalue weighted by Crippen LogP contribution is 2.40. The zero-order chi connectivity index (χ0) is 19.6. The summed E-state index contributed by atoms with van der Waals surface area (Å²) in [6.45, 7) is 3.46. The number of fused-ring (bicyclic) bond motifs is 1. The smallest absolute Gasteiger partial charge is 0.332 e. The molecule has 1 aromatic heterocycles. The van der Waals surface area contributed by atoms with Gasteiger partial charge in [0, 0.05) is 17.8 Å². The molecule has 0 spiro atoms. The van der Waals surface area contributed by atoms with Gasteiger partial charge in [-0.25, -0.2) is 22.9 Å². The molecule has 0 atom stereocenters. The molecule has 1 aliphatic carbocycles. The fraction of sp³-hybridized carbons (Fsp3) is 0.368. The van der Waals surface area contributed by atoms with Crippen LogP contribution in [-0.4, -0.2) is 32.3 Å². The van der Waals surface area contributed by atoms with E-state index in [0.29, 0.717) is 11.6 Å². The number of rotatable bonds is 5. The van der Waals surface area contributed by atoms with Gasteiger partial charge in [0.2, 0.25) is 15.9 Å². The van der Waals surface area contributed by atoms with Gasteiger partial charge in [0.1, 0.15) is 0 Å². The molecular formula is C19H23N3O4S. The van der Waals surface area contributed by atoms with E-state index in [1.54, 1.807) is 19.4 Å². The standard InChI is InChI=1S/C19H23N3O4S/c1-4-27(24,25)22-19(23)21-18-15-7-5-6-13(15)10-12(2)17(18)14-8-9-20-16(11-14)26-3/h8-11H,4-7H2,1-3H3,(H2,21,22,23). The topological polar surface area (TPSA) is 97.4 Å². The van der Waals surface area contributed by atoms with E-state index in [1.807, 2.05) is 13.0 Å². The van der Waals surface area contributed by atoms with Crippen LogP contribution in [0.5, 0.6) is 5.88 Å². The van der Waals surface area contributed by atoms with Crippen molar-refractivity contribution in [3.63, 3.8) is 0 Å². The van der Waals surface area contributed by atoms with Crippen molar-refractivity contribution in [1.29, 1.82) is 0 Å². The van der Waals surface area contributed by atoms with E-state index in [4.69, 9.17) is 4.74 Å². The number of ether oxygens (including phenoxy) is 1. The van der Waals surface area contributed by atoms with Crippen LogP contribution >= 0.6 is 0 Å². The Morgan fingerprint density at radius 1 is 1.30 bits per heavy atom. The highest BCUT2D eigenvalue weighted by molar-refractivity contribution is 7.90. The number of hydrogen-bond acceptors (Lipinski definition) is 5. The number of nitrogens with one attached hydrogen (secondary N) is 2. The van der Waals surface area contributed by atoms with Gasteiger partial charge in [-0.2, -0.15) is 0 Å². The molecule has 2 aromatic rings. The number of urea groups is 1. The molecule has 144 valence electrons. The maximum atomic E-state index is 12.4. The van der Waals surface area contributed by atoms with E-state index in [0.717, 1.165) is 41.5 Å². The minimum Gasteiger partial charge on any atom is -0.481 e. The third kappa shape index (κ3) is 4.05. The normalized spacial score (nSPS) is 13.1. The largest absolute Gasteiger partial charge is 0.481 e. The van der Waals surface area contributed by atoms with Crippen LogP contribution in [0.4, 0.5) is 10.5 Å². The highest BCUT2D eigenvalue weighted by atomic mass is 32.2. The molecule has 8 heteroatoms. The second kappa shape index (κ2) is 7.56. The Morgan fingerprint density at radius 3 is 2.78 bits per heavy atom. The Kier molecular flexibility index (Phi) is 5.36. The van der Waals surface area contributed by atoms with E-state index >= 15 is 0 Å². The van der Waals surface area contributed by atoms with Gasteiger partial charge < -0.3 is 10.1 Å². The molecule has 3 rings (SSSR count). The van der Waals surface area contributed by atoms with Crippen molar-refractivity contribution >= 4 is 21.7 Å². The molecule has 0 radical (unpaired) electrons. The van der Waals surface area contributed by atoms with Crippen molar-refractivity contribution in [3.8, 4) is 17.0 Å². The minimum atomic E-state index is -3.64. The van der Waals surface area contributed by atoms with E-state index in [2.05, 4.69) is 21.1 Å². The molecule has 0 unspecified atom stereocenters. The van der Waals surface area contributed by atoms with E-state index in [1.165, 1.54) is 12.5 Å². The first-order chi connectivity index (χ1) is 12.8. The van der Waals surface area contributed by atoms with Crippen molar-refractivity contribution in [2.45, 2.75) is 33.1 Å². The van der Waals surface area contributed by atoms with Crippen LogP contribution in [0.3, 0.4) is 0 Å². The van der Waals surface area contributed by atoms with Crippen LogP contribution < -0.4 is 14.8 Å². The van der Waals surface area contributed by atoms with E-state index in [-0.39, 0.29) is 5.75 Å². The summed E-state index contributed by atoms with van der Waals surface area (Å²) in [5.74, 6) is 0.303. The van der Waals surface area contributed by atoms with Gasteiger partial charge in [-0.1, -0.05) is 6.07 Å². The van der Waals surface area contributed by atoms with Crippen LogP contribution in [0.1, 0.15) is 30.0 Å². The second-order valence-electron chi connectivity index (χ2n) is 6.48. The maximum absolute atomic E-state index is 12.4. The molecule has 27 heavy (non-hydrogen) atoms. The zero-order valence-corrected chi connectivity index (χ0v) is 16.4.